The Labute approximate surface area is 163 Å². The van der Waals surface area contributed by atoms with Crippen molar-refractivity contribution in [3.05, 3.63) is 41.5 Å². The molecule has 2 aromatic rings. The van der Waals surface area contributed by atoms with Crippen LogP contribution in [-0.4, -0.2) is 51.8 Å². The molecule has 0 radical (unpaired) electrons. The van der Waals surface area contributed by atoms with Gasteiger partial charge in [0.15, 0.2) is 0 Å². The summed E-state index contributed by atoms with van der Waals surface area (Å²) < 4.78 is 1.75. The molecule has 0 N–H and O–H groups in total. The molecule has 0 unspecified atom stereocenters. The zero-order chi connectivity index (χ0) is 19.3. The van der Waals surface area contributed by atoms with E-state index >= 15 is 0 Å². The number of piperazine rings is 1. The topological polar surface area (TPSA) is 78.0 Å². The number of allylic oxidation sites excluding steroid dienone is 2. The van der Waals surface area contributed by atoms with Gasteiger partial charge in [-0.1, -0.05) is 0 Å². The van der Waals surface area contributed by atoms with Gasteiger partial charge < -0.3 is 9.80 Å². The second kappa shape index (κ2) is 6.48. The number of nitrogens with zero attached hydrogens (tertiary/aromatic N) is 6. The molecule has 2 aromatic heterocycles. The highest BCUT2D eigenvalue weighted by molar-refractivity contribution is 6.05. The Balaban J connectivity index is 1.44. The van der Waals surface area contributed by atoms with E-state index in [2.05, 4.69) is 21.1 Å². The smallest absolute Gasteiger partial charge is 0.225 e. The van der Waals surface area contributed by atoms with Crippen molar-refractivity contribution in [1.29, 1.82) is 5.26 Å². The Morgan fingerprint density at radius 1 is 1.25 bits per heavy atom. The molecule has 1 aliphatic heterocycles. The van der Waals surface area contributed by atoms with Crippen molar-refractivity contribution in [3.63, 3.8) is 0 Å². The van der Waals surface area contributed by atoms with Crippen molar-refractivity contribution in [2.24, 2.45) is 13.0 Å². The standard InChI is InChI=1S/C21H22N6O/c1-25-13-15(12-24-25)16-10-18-20(17(16)11-22)19(4-5-23-18)26-6-8-27(9-7-26)21(28)14-2-3-14/h4-5,12-14H,2-3,6-10H2,1H3. The molecular formula is C21H22N6O. The number of carbonyl (C=O) groups excluding carboxylic acids is 1. The third-order valence-corrected chi connectivity index (χ3v) is 5.93. The van der Waals surface area contributed by atoms with E-state index in [1.54, 1.807) is 10.9 Å². The minimum atomic E-state index is 0.270. The van der Waals surface area contributed by atoms with Crippen LogP contribution in [0.2, 0.25) is 0 Å². The number of rotatable bonds is 3. The SMILES string of the molecule is Cn1cc(C2=C(C#N)c3c(N4CCN(C(=O)C5CC5)CC4)ccnc3C2)cn1. The lowest BCUT2D eigenvalue weighted by atomic mass is 10.0. The van der Waals surface area contributed by atoms with Gasteiger partial charge in [-0.3, -0.25) is 14.5 Å². The lowest BCUT2D eigenvalue weighted by molar-refractivity contribution is -0.132. The van der Waals surface area contributed by atoms with Gasteiger partial charge >= 0.3 is 0 Å². The van der Waals surface area contributed by atoms with E-state index in [1.165, 1.54) is 0 Å². The van der Waals surface area contributed by atoms with E-state index in [0.717, 1.165) is 67.1 Å². The van der Waals surface area contributed by atoms with Crippen LogP contribution in [0.1, 0.15) is 29.7 Å². The van der Waals surface area contributed by atoms with E-state index in [1.807, 2.05) is 30.4 Å². The third-order valence-electron chi connectivity index (χ3n) is 5.93. The van der Waals surface area contributed by atoms with E-state index in [4.69, 9.17) is 0 Å². The summed E-state index contributed by atoms with van der Waals surface area (Å²) in [6.07, 6.45) is 8.32. The first-order valence-electron chi connectivity index (χ1n) is 9.80. The van der Waals surface area contributed by atoms with E-state index in [9.17, 15) is 10.1 Å². The molecule has 0 aromatic carbocycles. The number of amides is 1. The Morgan fingerprint density at radius 2 is 2.04 bits per heavy atom. The van der Waals surface area contributed by atoms with Gasteiger partial charge in [0.25, 0.3) is 0 Å². The van der Waals surface area contributed by atoms with Gasteiger partial charge in [-0.25, -0.2) is 0 Å². The van der Waals surface area contributed by atoms with Crippen molar-refractivity contribution < 1.29 is 4.79 Å². The quantitative estimate of drug-likeness (QED) is 0.820. The van der Waals surface area contributed by atoms with Gasteiger partial charge in [-0.05, 0) is 24.5 Å². The minimum absolute atomic E-state index is 0.270. The predicted molar refractivity (Wildman–Crippen MR) is 105 cm³/mol. The Hall–Kier alpha value is -3.14. The number of nitriles is 1. The highest BCUT2D eigenvalue weighted by Gasteiger charge is 2.35. The molecule has 28 heavy (non-hydrogen) atoms. The number of aromatic nitrogens is 3. The number of hydrogen-bond donors (Lipinski definition) is 0. The van der Waals surface area contributed by atoms with E-state index in [0.29, 0.717) is 17.9 Å². The van der Waals surface area contributed by atoms with Crippen molar-refractivity contribution in [2.45, 2.75) is 19.3 Å². The van der Waals surface area contributed by atoms with Crippen LogP contribution in [-0.2, 0) is 18.3 Å². The van der Waals surface area contributed by atoms with Crippen molar-refractivity contribution in [2.75, 3.05) is 31.1 Å². The molecule has 7 heteroatoms. The first-order chi connectivity index (χ1) is 13.7. The minimum Gasteiger partial charge on any atom is -0.367 e. The average Bonchev–Trinajstić information content (AvgIpc) is 3.37. The van der Waals surface area contributed by atoms with Gasteiger partial charge in [0.05, 0.1) is 17.5 Å². The molecule has 1 saturated carbocycles. The fourth-order valence-electron chi connectivity index (χ4n) is 4.27. The summed E-state index contributed by atoms with van der Waals surface area (Å²) in [5.41, 5.74) is 5.62. The summed E-state index contributed by atoms with van der Waals surface area (Å²) in [7, 11) is 1.88. The monoisotopic (exact) mass is 374 g/mol. The first kappa shape index (κ1) is 17.0. The number of anilines is 1. The van der Waals surface area contributed by atoms with Crippen LogP contribution in [0.15, 0.2) is 24.7 Å². The molecule has 5 rings (SSSR count). The summed E-state index contributed by atoms with van der Waals surface area (Å²) in [6, 6.07) is 4.42. The van der Waals surface area contributed by atoms with Gasteiger partial charge in [-0.15, -0.1) is 0 Å². The van der Waals surface area contributed by atoms with Crippen LogP contribution < -0.4 is 4.90 Å². The highest BCUT2D eigenvalue weighted by atomic mass is 16.2. The molecule has 3 heterocycles. The number of aryl methyl sites for hydroxylation is 1. The third kappa shape index (κ3) is 2.76. The average molecular weight is 374 g/mol. The second-order valence-electron chi connectivity index (χ2n) is 7.78. The van der Waals surface area contributed by atoms with Crippen LogP contribution >= 0.6 is 0 Å². The first-order valence-corrected chi connectivity index (χ1v) is 9.80. The van der Waals surface area contributed by atoms with Gasteiger partial charge in [-0.2, -0.15) is 10.4 Å². The molecule has 1 saturated heterocycles. The number of carbonyl (C=O) groups is 1. The van der Waals surface area contributed by atoms with Crippen LogP contribution in [0.3, 0.4) is 0 Å². The van der Waals surface area contributed by atoms with Crippen LogP contribution in [0.5, 0.6) is 0 Å². The van der Waals surface area contributed by atoms with Crippen LogP contribution in [0.4, 0.5) is 5.69 Å². The Morgan fingerprint density at radius 3 is 2.68 bits per heavy atom. The van der Waals surface area contributed by atoms with Crippen LogP contribution in [0, 0.1) is 17.2 Å². The Bertz CT molecular complexity index is 1020. The molecule has 3 aliphatic rings. The number of pyridine rings is 1. The molecule has 2 aliphatic carbocycles. The molecular weight excluding hydrogens is 352 g/mol. The lowest BCUT2D eigenvalue weighted by Crippen LogP contribution is -2.49. The Kier molecular flexibility index (Phi) is 3.93. The zero-order valence-corrected chi connectivity index (χ0v) is 15.9. The van der Waals surface area contributed by atoms with E-state index in [-0.39, 0.29) is 5.92 Å². The summed E-state index contributed by atoms with van der Waals surface area (Å²) >= 11 is 0. The van der Waals surface area contributed by atoms with Gasteiger partial charge in [0, 0.05) is 74.8 Å². The maximum atomic E-state index is 12.3. The molecule has 0 spiro atoms. The van der Waals surface area contributed by atoms with Gasteiger partial charge in [0.2, 0.25) is 5.91 Å². The molecule has 0 atom stereocenters. The van der Waals surface area contributed by atoms with E-state index < -0.39 is 0 Å². The summed E-state index contributed by atoms with van der Waals surface area (Å²) in [6.45, 7) is 3.06. The maximum absolute atomic E-state index is 12.3. The summed E-state index contributed by atoms with van der Waals surface area (Å²) in [4.78, 5) is 21.2. The second-order valence-corrected chi connectivity index (χ2v) is 7.78. The highest BCUT2D eigenvalue weighted by Crippen LogP contribution is 2.42. The van der Waals surface area contributed by atoms with Crippen LogP contribution in [0.25, 0.3) is 11.1 Å². The fraction of sp³-hybridized carbons (Fsp3) is 0.429. The molecule has 7 nitrogen and oxygen atoms in total. The maximum Gasteiger partial charge on any atom is 0.225 e. The summed E-state index contributed by atoms with van der Waals surface area (Å²) in [5.74, 6) is 0.586. The van der Waals surface area contributed by atoms with Crippen molar-refractivity contribution >= 4 is 22.7 Å². The zero-order valence-electron chi connectivity index (χ0n) is 15.9. The number of fused-ring (bicyclic) bond motifs is 1. The van der Waals surface area contributed by atoms with Crippen molar-refractivity contribution in [1.82, 2.24) is 19.7 Å². The molecule has 1 amide bonds. The number of hydrogen-bond acceptors (Lipinski definition) is 5. The fourth-order valence-corrected chi connectivity index (χ4v) is 4.27. The molecule has 2 fully saturated rings. The van der Waals surface area contributed by atoms with Crippen molar-refractivity contribution in [3.8, 4) is 6.07 Å². The normalized spacial score (nSPS) is 19.0. The predicted octanol–water partition coefficient (Wildman–Crippen LogP) is 1.86. The summed E-state index contributed by atoms with van der Waals surface area (Å²) in [5, 5.41) is 14.2. The lowest BCUT2D eigenvalue weighted by Gasteiger charge is -2.37. The largest absolute Gasteiger partial charge is 0.367 e. The van der Waals surface area contributed by atoms with Gasteiger partial charge in [0.1, 0.15) is 6.07 Å². The molecule has 142 valence electrons. The molecule has 0 bridgehead atoms.